The van der Waals surface area contributed by atoms with Crippen LogP contribution in [-0.4, -0.2) is 68.6 Å². The Morgan fingerprint density at radius 2 is 1.78 bits per heavy atom. The molecular weight excluding hydrogens is 456 g/mol. The Morgan fingerprint density at radius 3 is 2.42 bits per heavy atom. The molecule has 1 N–H and O–H groups in total. The summed E-state index contributed by atoms with van der Waals surface area (Å²) < 4.78 is 12.6. The first-order chi connectivity index (χ1) is 17.3. The molecule has 0 bridgehead atoms. The Hall–Kier alpha value is -3.30. The number of hydrogen-bond donors (Lipinski definition) is 1. The summed E-state index contributed by atoms with van der Waals surface area (Å²) in [6.07, 6.45) is 7.49. The lowest BCUT2D eigenvalue weighted by atomic mass is 10.1. The van der Waals surface area contributed by atoms with Crippen LogP contribution in [0.2, 0.25) is 0 Å². The number of hydrogen-bond acceptors (Lipinski definition) is 8. The summed E-state index contributed by atoms with van der Waals surface area (Å²) in [7, 11) is 0. The summed E-state index contributed by atoms with van der Waals surface area (Å²) in [5.74, 6) is 0.301. The largest absolute Gasteiger partial charge is 0.459 e. The highest BCUT2D eigenvalue weighted by atomic mass is 16.6. The van der Waals surface area contributed by atoms with Gasteiger partial charge >= 0.3 is 5.97 Å². The van der Waals surface area contributed by atoms with E-state index >= 15 is 0 Å². The Labute approximate surface area is 211 Å². The normalized spacial score (nSPS) is 16.6. The van der Waals surface area contributed by atoms with Crippen LogP contribution in [0, 0.1) is 0 Å². The highest BCUT2D eigenvalue weighted by Gasteiger charge is 2.23. The van der Waals surface area contributed by atoms with E-state index < -0.39 is 5.60 Å². The molecule has 190 valence electrons. The number of nitrogens with one attached hydrogen (secondary N) is 1. The molecule has 2 aliphatic rings. The summed E-state index contributed by atoms with van der Waals surface area (Å²) in [6, 6.07) is 8.84. The molecule has 1 aliphatic heterocycles. The number of aromatic nitrogens is 4. The average molecular weight is 491 g/mol. The molecule has 9 nitrogen and oxygen atoms in total. The number of carbonyl (C=O) groups is 1. The van der Waals surface area contributed by atoms with Crippen LogP contribution in [0.3, 0.4) is 0 Å². The second-order valence-corrected chi connectivity index (χ2v) is 10.5. The SMILES string of the molecule is CC(C)(C)OC(=O)Cn1cc(-c2cnc(NC3Cc4ccccc4C3)nc2)c(CN2CCOCC2)n1. The van der Waals surface area contributed by atoms with E-state index in [1.165, 1.54) is 11.1 Å². The van der Waals surface area contributed by atoms with Gasteiger partial charge in [0.1, 0.15) is 12.1 Å². The van der Waals surface area contributed by atoms with Crippen molar-refractivity contribution in [3.05, 3.63) is 59.7 Å². The molecule has 3 heterocycles. The number of nitrogens with zero attached hydrogens (tertiary/aromatic N) is 5. The molecule has 0 spiro atoms. The highest BCUT2D eigenvalue weighted by molar-refractivity contribution is 5.70. The van der Waals surface area contributed by atoms with Crippen LogP contribution >= 0.6 is 0 Å². The van der Waals surface area contributed by atoms with E-state index in [0.29, 0.717) is 31.7 Å². The van der Waals surface area contributed by atoms with E-state index in [2.05, 4.69) is 44.5 Å². The lowest BCUT2D eigenvalue weighted by molar-refractivity contribution is -0.155. The molecule has 2 aromatic heterocycles. The van der Waals surface area contributed by atoms with Crippen molar-refractivity contribution in [3.8, 4) is 11.1 Å². The number of fused-ring (bicyclic) bond motifs is 1. The lowest BCUT2D eigenvalue weighted by Gasteiger charge is -2.26. The Kier molecular flexibility index (Phi) is 7.02. The van der Waals surface area contributed by atoms with Crippen LogP contribution in [0.25, 0.3) is 11.1 Å². The minimum absolute atomic E-state index is 0.0517. The van der Waals surface area contributed by atoms with Gasteiger partial charge in [-0.2, -0.15) is 5.10 Å². The molecule has 0 radical (unpaired) electrons. The summed E-state index contributed by atoms with van der Waals surface area (Å²) in [4.78, 5) is 23.9. The quantitative estimate of drug-likeness (QED) is 0.505. The van der Waals surface area contributed by atoms with Gasteiger partial charge in [0.05, 0.1) is 18.9 Å². The zero-order chi connectivity index (χ0) is 25.1. The van der Waals surface area contributed by atoms with Gasteiger partial charge < -0.3 is 14.8 Å². The van der Waals surface area contributed by atoms with Crippen molar-refractivity contribution in [2.75, 3.05) is 31.6 Å². The first kappa shape index (κ1) is 24.4. The van der Waals surface area contributed by atoms with Crippen molar-refractivity contribution in [1.82, 2.24) is 24.6 Å². The molecule has 5 rings (SSSR count). The van der Waals surface area contributed by atoms with E-state index in [1.807, 2.05) is 39.4 Å². The third-order valence-electron chi connectivity index (χ3n) is 6.37. The summed E-state index contributed by atoms with van der Waals surface area (Å²) in [5.41, 5.74) is 4.91. The van der Waals surface area contributed by atoms with Crippen molar-refractivity contribution >= 4 is 11.9 Å². The monoisotopic (exact) mass is 490 g/mol. The van der Waals surface area contributed by atoms with Gasteiger partial charge in [-0.3, -0.25) is 14.4 Å². The molecule has 1 aliphatic carbocycles. The van der Waals surface area contributed by atoms with Crippen molar-refractivity contribution in [2.45, 2.75) is 58.3 Å². The fourth-order valence-electron chi connectivity index (χ4n) is 4.76. The Morgan fingerprint density at radius 1 is 1.11 bits per heavy atom. The van der Waals surface area contributed by atoms with Gasteiger partial charge in [0.15, 0.2) is 0 Å². The van der Waals surface area contributed by atoms with Crippen molar-refractivity contribution in [2.24, 2.45) is 0 Å². The van der Waals surface area contributed by atoms with Crippen LogP contribution in [0.15, 0.2) is 42.9 Å². The molecule has 9 heteroatoms. The maximum atomic E-state index is 12.4. The number of benzene rings is 1. The molecule has 3 aromatic rings. The first-order valence-corrected chi connectivity index (χ1v) is 12.6. The van der Waals surface area contributed by atoms with Gasteiger partial charge in [-0.05, 0) is 44.7 Å². The van der Waals surface area contributed by atoms with Gasteiger partial charge in [-0.1, -0.05) is 24.3 Å². The van der Waals surface area contributed by atoms with Gasteiger partial charge in [-0.25, -0.2) is 9.97 Å². The van der Waals surface area contributed by atoms with Crippen LogP contribution in [-0.2, 0) is 40.2 Å². The summed E-state index contributed by atoms with van der Waals surface area (Å²) >= 11 is 0. The third-order valence-corrected chi connectivity index (χ3v) is 6.37. The maximum Gasteiger partial charge on any atom is 0.328 e. The van der Waals surface area contributed by atoms with E-state index in [9.17, 15) is 4.79 Å². The molecule has 1 saturated heterocycles. The molecule has 36 heavy (non-hydrogen) atoms. The third kappa shape index (κ3) is 6.09. The molecule has 0 amide bonds. The fourth-order valence-corrected chi connectivity index (χ4v) is 4.76. The van der Waals surface area contributed by atoms with Crippen LogP contribution in [0.5, 0.6) is 0 Å². The van der Waals surface area contributed by atoms with Crippen molar-refractivity contribution < 1.29 is 14.3 Å². The minimum atomic E-state index is -0.541. The number of carbonyl (C=O) groups excluding carboxylic acids is 1. The lowest BCUT2D eigenvalue weighted by Crippen LogP contribution is -2.36. The van der Waals surface area contributed by atoms with Gasteiger partial charge in [-0.15, -0.1) is 0 Å². The topological polar surface area (TPSA) is 94.4 Å². The van der Waals surface area contributed by atoms with Gasteiger partial charge in [0, 0.05) is 55.4 Å². The number of morpholine rings is 1. The average Bonchev–Trinajstić information content (AvgIpc) is 3.42. The number of ether oxygens (including phenoxy) is 2. The van der Waals surface area contributed by atoms with E-state index in [4.69, 9.17) is 14.6 Å². The predicted molar refractivity (Wildman–Crippen MR) is 136 cm³/mol. The fraction of sp³-hybridized carbons (Fsp3) is 0.481. The molecule has 1 aromatic carbocycles. The molecule has 0 saturated carbocycles. The second-order valence-electron chi connectivity index (χ2n) is 10.5. The summed E-state index contributed by atoms with van der Waals surface area (Å²) in [5, 5.41) is 8.21. The standard InChI is InChI=1S/C27H34N6O3/c1-27(2,3)36-25(34)18-33-16-23(24(31-33)17-32-8-10-35-11-9-32)21-14-28-26(29-15-21)30-22-12-19-6-4-5-7-20(19)13-22/h4-7,14-16,22H,8-13,17-18H2,1-3H3,(H,28,29,30). The smallest absolute Gasteiger partial charge is 0.328 e. The highest BCUT2D eigenvalue weighted by Crippen LogP contribution is 2.26. The number of esters is 1. The number of anilines is 1. The Balaban J connectivity index is 1.32. The Bertz CT molecular complexity index is 1170. The van der Waals surface area contributed by atoms with E-state index in [0.717, 1.165) is 42.8 Å². The predicted octanol–water partition coefficient (Wildman–Crippen LogP) is 3.09. The van der Waals surface area contributed by atoms with Crippen LogP contribution in [0.1, 0.15) is 37.6 Å². The molecular formula is C27H34N6O3. The molecule has 1 fully saturated rings. The zero-order valence-corrected chi connectivity index (χ0v) is 21.2. The maximum absolute atomic E-state index is 12.4. The minimum Gasteiger partial charge on any atom is -0.459 e. The van der Waals surface area contributed by atoms with E-state index in [-0.39, 0.29) is 12.5 Å². The van der Waals surface area contributed by atoms with Crippen molar-refractivity contribution in [1.29, 1.82) is 0 Å². The van der Waals surface area contributed by atoms with E-state index in [1.54, 1.807) is 4.68 Å². The summed E-state index contributed by atoms with van der Waals surface area (Å²) in [6.45, 7) is 9.42. The second kappa shape index (κ2) is 10.4. The van der Waals surface area contributed by atoms with Crippen molar-refractivity contribution in [3.63, 3.8) is 0 Å². The number of rotatable bonds is 7. The zero-order valence-electron chi connectivity index (χ0n) is 21.2. The van der Waals surface area contributed by atoms with Crippen LogP contribution in [0.4, 0.5) is 5.95 Å². The molecule has 0 atom stereocenters. The molecule has 0 unspecified atom stereocenters. The first-order valence-electron chi connectivity index (χ1n) is 12.6. The van der Waals surface area contributed by atoms with Crippen LogP contribution < -0.4 is 5.32 Å². The van der Waals surface area contributed by atoms with Gasteiger partial charge in [0.2, 0.25) is 5.95 Å². The van der Waals surface area contributed by atoms with Gasteiger partial charge in [0.25, 0.3) is 0 Å².